The molecule has 0 N–H and O–H groups in total. The molecular formula is C54H33N3O. The number of hydrogen-bond acceptors (Lipinski definition) is 3. The summed E-state index contributed by atoms with van der Waals surface area (Å²) < 4.78 is 8.98. The molecule has 58 heavy (non-hydrogen) atoms. The van der Waals surface area contributed by atoms with Crippen LogP contribution in [-0.2, 0) is 5.41 Å². The largest absolute Gasteiger partial charge is 0.456 e. The number of aromatic nitrogens is 3. The number of fused-ring (bicyclic) bond motifs is 18. The Morgan fingerprint density at radius 1 is 0.483 bits per heavy atom. The van der Waals surface area contributed by atoms with E-state index in [9.17, 15) is 0 Å². The van der Waals surface area contributed by atoms with Crippen LogP contribution in [0.5, 0.6) is 0 Å². The van der Waals surface area contributed by atoms with Crippen LogP contribution < -0.4 is 0 Å². The van der Waals surface area contributed by atoms with Gasteiger partial charge >= 0.3 is 0 Å². The highest BCUT2D eigenvalue weighted by Crippen LogP contribution is 2.64. The summed E-state index contributed by atoms with van der Waals surface area (Å²) >= 11 is 0. The summed E-state index contributed by atoms with van der Waals surface area (Å²) in [4.78, 5) is 10.8. The Morgan fingerprint density at radius 3 is 1.88 bits per heavy atom. The fourth-order valence-electron chi connectivity index (χ4n) is 10.5. The van der Waals surface area contributed by atoms with E-state index in [1.54, 1.807) is 0 Å². The molecule has 2 aliphatic rings. The first-order valence-electron chi connectivity index (χ1n) is 19.9. The molecule has 0 radical (unpaired) electrons. The molecule has 1 spiro atoms. The Morgan fingerprint density at radius 2 is 1.12 bits per heavy atom. The van der Waals surface area contributed by atoms with E-state index in [0.717, 1.165) is 71.9 Å². The van der Waals surface area contributed by atoms with E-state index in [4.69, 9.17) is 14.4 Å². The average Bonchev–Trinajstić information content (AvgIpc) is 4.00. The van der Waals surface area contributed by atoms with Gasteiger partial charge < -0.3 is 4.42 Å². The van der Waals surface area contributed by atoms with Crippen LogP contribution in [0.25, 0.3) is 94.5 Å². The van der Waals surface area contributed by atoms with Crippen LogP contribution in [0.4, 0.5) is 0 Å². The maximum absolute atomic E-state index is 6.56. The molecule has 8 aromatic carbocycles. The van der Waals surface area contributed by atoms with Gasteiger partial charge in [-0.3, -0.25) is 4.57 Å². The molecule has 13 rings (SSSR count). The van der Waals surface area contributed by atoms with Crippen LogP contribution >= 0.6 is 0 Å². The second kappa shape index (κ2) is 11.5. The fourth-order valence-corrected chi connectivity index (χ4v) is 10.5. The molecular weight excluding hydrogens is 707 g/mol. The topological polar surface area (TPSA) is 43.9 Å². The lowest BCUT2D eigenvalue weighted by Crippen LogP contribution is -2.25. The van der Waals surface area contributed by atoms with Gasteiger partial charge in [0.15, 0.2) is 5.82 Å². The number of furan rings is 1. The van der Waals surface area contributed by atoms with Gasteiger partial charge in [-0.15, -0.1) is 0 Å². The van der Waals surface area contributed by atoms with Crippen molar-refractivity contribution in [2.75, 3.05) is 0 Å². The van der Waals surface area contributed by atoms with E-state index in [1.165, 1.54) is 44.5 Å². The van der Waals surface area contributed by atoms with E-state index < -0.39 is 5.41 Å². The molecule has 0 unspecified atom stereocenters. The number of hydrogen-bond donors (Lipinski definition) is 0. The molecule has 11 aromatic rings. The molecule has 0 aliphatic heterocycles. The number of nitrogens with zero attached hydrogens (tertiary/aromatic N) is 3. The van der Waals surface area contributed by atoms with Crippen LogP contribution in [0.15, 0.2) is 186 Å². The highest BCUT2D eigenvalue weighted by molar-refractivity contribution is 6.29. The predicted octanol–water partition coefficient (Wildman–Crippen LogP) is 13.5. The summed E-state index contributed by atoms with van der Waals surface area (Å²) in [5.41, 5.74) is 17.9. The molecule has 0 amide bonds. The maximum Gasteiger partial charge on any atom is 0.162 e. The van der Waals surface area contributed by atoms with Crippen molar-refractivity contribution in [3.63, 3.8) is 0 Å². The predicted molar refractivity (Wildman–Crippen MR) is 236 cm³/mol. The standard InChI is InChI=1S/C54H33N3O/c1-32-15-5-6-18-34(32)44-31-48(56-53(55-44)33-16-3-2-4-17-33)57-45-29-30-47-51(38-22-10-14-26-46(38)58-47)50(45)39-27-28-43-49(52(39)57)37-21-9-13-25-42(37)54(43)40-23-11-7-19-35(40)36-20-8-12-24-41(36)54/h2-31H,1H3. The van der Waals surface area contributed by atoms with Crippen LogP contribution in [-0.4, -0.2) is 14.5 Å². The van der Waals surface area contributed by atoms with Gasteiger partial charge in [-0.2, -0.15) is 0 Å². The van der Waals surface area contributed by atoms with Gasteiger partial charge in [0.05, 0.1) is 22.1 Å². The quantitative estimate of drug-likeness (QED) is 0.181. The van der Waals surface area contributed by atoms with E-state index >= 15 is 0 Å². The van der Waals surface area contributed by atoms with Crippen molar-refractivity contribution in [1.29, 1.82) is 0 Å². The second-order valence-electron chi connectivity index (χ2n) is 15.7. The lowest BCUT2D eigenvalue weighted by Gasteiger charge is -2.30. The van der Waals surface area contributed by atoms with E-state index in [0.29, 0.717) is 5.82 Å². The van der Waals surface area contributed by atoms with Crippen LogP contribution in [0.2, 0.25) is 0 Å². The van der Waals surface area contributed by atoms with E-state index in [-0.39, 0.29) is 0 Å². The summed E-state index contributed by atoms with van der Waals surface area (Å²) in [7, 11) is 0. The van der Waals surface area contributed by atoms with Crippen molar-refractivity contribution in [2.45, 2.75) is 12.3 Å². The first-order valence-corrected chi connectivity index (χ1v) is 19.9. The third-order valence-electron chi connectivity index (χ3n) is 12.8. The van der Waals surface area contributed by atoms with Crippen molar-refractivity contribution in [3.8, 4) is 50.7 Å². The fraction of sp³-hybridized carbons (Fsp3) is 0.0370. The summed E-state index contributed by atoms with van der Waals surface area (Å²) in [5.74, 6) is 1.50. The Bertz CT molecular complexity index is 3490. The molecule has 0 saturated heterocycles. The van der Waals surface area contributed by atoms with Crippen molar-refractivity contribution < 1.29 is 4.42 Å². The molecule has 270 valence electrons. The van der Waals surface area contributed by atoms with Gasteiger partial charge in [-0.1, -0.05) is 158 Å². The minimum absolute atomic E-state index is 0.487. The summed E-state index contributed by atoms with van der Waals surface area (Å²) in [6, 6.07) is 65.6. The Balaban J connectivity index is 1.24. The Labute approximate surface area is 334 Å². The summed E-state index contributed by atoms with van der Waals surface area (Å²) in [5, 5.41) is 4.54. The molecule has 3 aromatic heterocycles. The van der Waals surface area contributed by atoms with Gasteiger partial charge in [-0.05, 0) is 69.6 Å². The van der Waals surface area contributed by atoms with Gasteiger partial charge in [-0.25, -0.2) is 9.97 Å². The minimum atomic E-state index is -0.487. The van der Waals surface area contributed by atoms with Crippen LogP contribution in [0.1, 0.15) is 27.8 Å². The zero-order valence-electron chi connectivity index (χ0n) is 31.6. The molecule has 3 heterocycles. The van der Waals surface area contributed by atoms with E-state index in [2.05, 4.69) is 181 Å². The summed E-state index contributed by atoms with van der Waals surface area (Å²) in [6.45, 7) is 2.15. The van der Waals surface area contributed by atoms with E-state index in [1.807, 2.05) is 12.1 Å². The number of aryl methyl sites for hydroxylation is 1. The Kier molecular flexibility index (Phi) is 6.27. The maximum atomic E-state index is 6.56. The number of para-hydroxylation sites is 1. The lowest BCUT2D eigenvalue weighted by molar-refractivity contribution is 0.669. The van der Waals surface area contributed by atoms with Crippen molar-refractivity contribution in [2.24, 2.45) is 0 Å². The second-order valence-corrected chi connectivity index (χ2v) is 15.7. The van der Waals surface area contributed by atoms with Gasteiger partial charge in [0, 0.05) is 44.3 Å². The van der Waals surface area contributed by atoms with Gasteiger partial charge in [0.1, 0.15) is 17.0 Å². The first kappa shape index (κ1) is 31.6. The third kappa shape index (κ3) is 3.98. The summed E-state index contributed by atoms with van der Waals surface area (Å²) in [6.07, 6.45) is 0. The van der Waals surface area contributed by atoms with Crippen LogP contribution in [0.3, 0.4) is 0 Å². The SMILES string of the molecule is Cc1ccccc1-c1cc(-n2c3ccc4oc5ccccc5c4c3c3ccc4c(c32)-c2ccccc2C42c3ccccc3-c3ccccc32)nc(-c2ccccc2)n1. The normalized spacial score (nSPS) is 13.4. The molecule has 0 atom stereocenters. The highest BCUT2D eigenvalue weighted by atomic mass is 16.3. The highest BCUT2D eigenvalue weighted by Gasteiger charge is 2.52. The zero-order chi connectivity index (χ0) is 38.1. The molecule has 0 bridgehead atoms. The van der Waals surface area contributed by atoms with Gasteiger partial charge in [0.25, 0.3) is 0 Å². The zero-order valence-corrected chi connectivity index (χ0v) is 31.6. The van der Waals surface area contributed by atoms with Crippen LogP contribution in [0, 0.1) is 6.92 Å². The van der Waals surface area contributed by atoms with Gasteiger partial charge in [0.2, 0.25) is 0 Å². The number of benzene rings is 8. The molecule has 0 fully saturated rings. The molecule has 2 aliphatic carbocycles. The lowest BCUT2D eigenvalue weighted by atomic mass is 9.70. The first-order chi connectivity index (χ1) is 28.7. The smallest absolute Gasteiger partial charge is 0.162 e. The number of rotatable bonds is 3. The third-order valence-corrected chi connectivity index (χ3v) is 12.8. The van der Waals surface area contributed by atoms with Crippen molar-refractivity contribution in [3.05, 3.63) is 210 Å². The van der Waals surface area contributed by atoms with Crippen molar-refractivity contribution in [1.82, 2.24) is 14.5 Å². The molecule has 4 heteroatoms. The minimum Gasteiger partial charge on any atom is -0.456 e. The van der Waals surface area contributed by atoms with Crippen molar-refractivity contribution >= 4 is 43.7 Å². The monoisotopic (exact) mass is 739 g/mol. The Hall–Kier alpha value is -7.56. The molecule has 4 nitrogen and oxygen atoms in total. The average molecular weight is 740 g/mol. The molecule has 0 saturated carbocycles.